The minimum atomic E-state index is -0.536. The van der Waals surface area contributed by atoms with E-state index < -0.39 is 11.8 Å². The summed E-state index contributed by atoms with van der Waals surface area (Å²) in [5, 5.41) is 2.80. The Morgan fingerprint density at radius 1 is 1.04 bits per heavy atom. The van der Waals surface area contributed by atoms with Gasteiger partial charge >= 0.3 is 0 Å². The van der Waals surface area contributed by atoms with Crippen LogP contribution in [0.3, 0.4) is 0 Å². The number of carbonyl (C=O) groups is 2. The number of hydrogen-bond donors (Lipinski definition) is 1. The average Bonchev–Trinajstić information content (AvgIpc) is 2.81. The van der Waals surface area contributed by atoms with Crippen molar-refractivity contribution in [1.82, 2.24) is 0 Å². The van der Waals surface area contributed by atoms with E-state index in [-0.39, 0.29) is 10.7 Å². The molecule has 2 aromatic rings. The number of anilines is 2. The molecule has 0 saturated carbocycles. The molecule has 0 radical (unpaired) electrons. The van der Waals surface area contributed by atoms with Crippen molar-refractivity contribution in [3.8, 4) is 5.75 Å². The zero-order chi connectivity index (χ0) is 18.1. The number of ether oxygens (including phenoxy) is 1. The van der Waals surface area contributed by atoms with Gasteiger partial charge in [0.1, 0.15) is 16.5 Å². The second kappa shape index (κ2) is 6.61. The van der Waals surface area contributed by atoms with Crippen molar-refractivity contribution in [2.45, 2.75) is 13.8 Å². The van der Waals surface area contributed by atoms with Gasteiger partial charge in [0, 0.05) is 11.8 Å². The van der Waals surface area contributed by atoms with Gasteiger partial charge in [0.2, 0.25) is 0 Å². The third-order valence-corrected chi connectivity index (χ3v) is 4.32. The Balaban J connectivity index is 1.95. The lowest BCUT2D eigenvalue weighted by Crippen LogP contribution is -2.32. The molecule has 6 heteroatoms. The van der Waals surface area contributed by atoms with E-state index >= 15 is 0 Å². The van der Waals surface area contributed by atoms with E-state index in [1.807, 2.05) is 26.0 Å². The van der Waals surface area contributed by atoms with Gasteiger partial charge in [0.25, 0.3) is 11.8 Å². The maximum absolute atomic E-state index is 12.8. The molecule has 0 bridgehead atoms. The number of halogens is 1. The summed E-state index contributed by atoms with van der Waals surface area (Å²) in [5.74, 6) is -0.387. The molecular formula is C19H17ClN2O3. The lowest BCUT2D eigenvalue weighted by molar-refractivity contribution is -0.120. The van der Waals surface area contributed by atoms with E-state index in [0.29, 0.717) is 17.1 Å². The largest absolute Gasteiger partial charge is 0.497 e. The highest BCUT2D eigenvalue weighted by molar-refractivity contribution is 6.53. The Morgan fingerprint density at radius 3 is 2.52 bits per heavy atom. The highest BCUT2D eigenvalue weighted by Crippen LogP contribution is 2.32. The number of nitrogens with zero attached hydrogens (tertiary/aromatic N) is 1. The molecule has 0 unspecified atom stereocenters. The first-order chi connectivity index (χ1) is 11.9. The van der Waals surface area contributed by atoms with Crippen LogP contribution >= 0.6 is 11.6 Å². The number of aryl methyl sites for hydroxylation is 2. The molecular weight excluding hydrogens is 340 g/mol. The van der Waals surface area contributed by atoms with Crippen LogP contribution in [0.2, 0.25) is 0 Å². The van der Waals surface area contributed by atoms with Gasteiger partial charge in [-0.1, -0.05) is 29.8 Å². The summed E-state index contributed by atoms with van der Waals surface area (Å²) >= 11 is 6.16. The van der Waals surface area contributed by atoms with Crippen molar-refractivity contribution < 1.29 is 14.3 Å². The van der Waals surface area contributed by atoms with Gasteiger partial charge < -0.3 is 10.1 Å². The number of benzene rings is 2. The van der Waals surface area contributed by atoms with Gasteiger partial charge in [0.05, 0.1) is 12.8 Å². The van der Waals surface area contributed by atoms with Crippen LogP contribution in [0, 0.1) is 13.8 Å². The maximum Gasteiger partial charge on any atom is 0.283 e. The van der Waals surface area contributed by atoms with Crippen molar-refractivity contribution in [2.75, 3.05) is 17.3 Å². The molecule has 2 amide bonds. The highest BCUT2D eigenvalue weighted by Gasteiger charge is 2.39. The smallest absolute Gasteiger partial charge is 0.283 e. The Kier molecular flexibility index (Phi) is 4.51. The number of methoxy groups -OCH3 is 1. The van der Waals surface area contributed by atoms with Crippen LogP contribution in [0.25, 0.3) is 0 Å². The van der Waals surface area contributed by atoms with E-state index in [1.165, 1.54) is 0 Å². The van der Waals surface area contributed by atoms with Gasteiger partial charge in [-0.2, -0.15) is 0 Å². The molecule has 2 aromatic carbocycles. The van der Waals surface area contributed by atoms with Crippen LogP contribution in [0.15, 0.2) is 53.2 Å². The van der Waals surface area contributed by atoms with Gasteiger partial charge in [-0.3, -0.25) is 9.59 Å². The Labute approximate surface area is 150 Å². The van der Waals surface area contributed by atoms with Gasteiger partial charge in [-0.05, 0) is 43.2 Å². The van der Waals surface area contributed by atoms with Crippen LogP contribution in [0.5, 0.6) is 5.75 Å². The number of nitrogens with one attached hydrogen (secondary N) is 1. The van der Waals surface area contributed by atoms with Crippen LogP contribution in [0.1, 0.15) is 11.1 Å². The van der Waals surface area contributed by atoms with Crippen LogP contribution in [0.4, 0.5) is 11.4 Å². The fourth-order valence-electron chi connectivity index (χ4n) is 2.64. The summed E-state index contributed by atoms with van der Waals surface area (Å²) in [4.78, 5) is 26.5. The van der Waals surface area contributed by atoms with Crippen molar-refractivity contribution >= 4 is 34.8 Å². The zero-order valence-corrected chi connectivity index (χ0v) is 14.8. The Bertz CT molecular complexity index is 905. The van der Waals surface area contributed by atoms with Crippen molar-refractivity contribution in [1.29, 1.82) is 0 Å². The predicted octanol–water partition coefficient (Wildman–Crippen LogP) is 3.75. The zero-order valence-electron chi connectivity index (χ0n) is 14.1. The average molecular weight is 357 g/mol. The summed E-state index contributed by atoms with van der Waals surface area (Å²) in [6.07, 6.45) is 0. The second-order valence-corrected chi connectivity index (χ2v) is 6.16. The molecule has 1 N–H and O–H groups in total. The number of hydrogen-bond acceptors (Lipinski definition) is 4. The first-order valence-corrected chi connectivity index (χ1v) is 8.07. The molecule has 0 atom stereocenters. The van der Waals surface area contributed by atoms with Crippen molar-refractivity contribution in [3.05, 3.63) is 64.3 Å². The summed E-state index contributed by atoms with van der Waals surface area (Å²) in [5.41, 5.74) is 2.97. The molecule has 128 valence electrons. The van der Waals surface area contributed by atoms with Crippen LogP contribution in [-0.2, 0) is 9.59 Å². The van der Waals surface area contributed by atoms with Crippen LogP contribution in [-0.4, -0.2) is 18.9 Å². The molecule has 0 spiro atoms. The topological polar surface area (TPSA) is 58.6 Å². The third-order valence-electron chi connectivity index (χ3n) is 3.97. The molecule has 3 rings (SSSR count). The fourth-order valence-corrected chi connectivity index (χ4v) is 2.85. The summed E-state index contributed by atoms with van der Waals surface area (Å²) < 4.78 is 5.16. The van der Waals surface area contributed by atoms with E-state index in [4.69, 9.17) is 16.3 Å². The van der Waals surface area contributed by atoms with E-state index in [9.17, 15) is 9.59 Å². The summed E-state index contributed by atoms with van der Waals surface area (Å²) in [7, 11) is 1.55. The van der Waals surface area contributed by atoms with Crippen LogP contribution < -0.4 is 15.0 Å². The van der Waals surface area contributed by atoms with E-state index in [1.54, 1.807) is 37.4 Å². The minimum Gasteiger partial charge on any atom is -0.497 e. The standard InChI is InChI=1S/C19H17ClN2O3/c1-11-7-8-12(2)15(9-11)22-18(23)16(20)17(19(22)24)21-13-5-4-6-14(10-13)25-3/h4-10,21H,1-3H3. The van der Waals surface area contributed by atoms with E-state index in [0.717, 1.165) is 16.0 Å². The van der Waals surface area contributed by atoms with Crippen molar-refractivity contribution in [2.24, 2.45) is 0 Å². The SMILES string of the molecule is COc1cccc(NC2=C(Cl)C(=O)N(c3cc(C)ccc3C)C2=O)c1. The predicted molar refractivity (Wildman–Crippen MR) is 97.9 cm³/mol. The van der Waals surface area contributed by atoms with Gasteiger partial charge in [-0.25, -0.2) is 4.90 Å². The number of imide groups is 1. The molecule has 0 aromatic heterocycles. The highest BCUT2D eigenvalue weighted by atomic mass is 35.5. The summed E-state index contributed by atoms with van der Waals surface area (Å²) in [6, 6.07) is 12.6. The van der Waals surface area contributed by atoms with E-state index in [2.05, 4.69) is 5.32 Å². The molecule has 5 nitrogen and oxygen atoms in total. The Morgan fingerprint density at radius 2 is 1.80 bits per heavy atom. The number of amides is 2. The van der Waals surface area contributed by atoms with Crippen molar-refractivity contribution in [3.63, 3.8) is 0 Å². The molecule has 1 aliphatic rings. The third kappa shape index (κ3) is 3.10. The summed E-state index contributed by atoms with van der Waals surface area (Å²) in [6.45, 7) is 3.75. The van der Waals surface area contributed by atoms with Gasteiger partial charge in [-0.15, -0.1) is 0 Å². The molecule has 0 aliphatic carbocycles. The molecule has 0 fully saturated rings. The lowest BCUT2D eigenvalue weighted by Gasteiger charge is -2.18. The quantitative estimate of drug-likeness (QED) is 0.848. The molecule has 1 aliphatic heterocycles. The first-order valence-electron chi connectivity index (χ1n) is 7.69. The lowest BCUT2D eigenvalue weighted by atomic mass is 10.1. The molecule has 0 saturated heterocycles. The monoisotopic (exact) mass is 356 g/mol. The normalized spacial score (nSPS) is 14.3. The first kappa shape index (κ1) is 17.0. The minimum absolute atomic E-state index is 0.0563. The van der Waals surface area contributed by atoms with Gasteiger partial charge in [0.15, 0.2) is 0 Å². The molecule has 1 heterocycles. The number of carbonyl (C=O) groups excluding carboxylic acids is 2. The Hall–Kier alpha value is -2.79. The maximum atomic E-state index is 12.8. The number of rotatable bonds is 4. The second-order valence-electron chi connectivity index (χ2n) is 5.78. The fraction of sp³-hybridized carbons (Fsp3) is 0.158. The molecule has 25 heavy (non-hydrogen) atoms.